The normalized spacial score (nSPS) is 17.2. The molecule has 0 saturated heterocycles. The van der Waals surface area contributed by atoms with Crippen LogP contribution in [0.25, 0.3) is 66.4 Å². The molecular formula is C40H36N8OV. The van der Waals surface area contributed by atoms with E-state index >= 15 is 0 Å². The van der Waals surface area contributed by atoms with Gasteiger partial charge in [0.2, 0.25) is 0 Å². The molecule has 8 bridgehead atoms. The van der Waals surface area contributed by atoms with Gasteiger partial charge in [-0.1, -0.05) is 128 Å². The van der Waals surface area contributed by atoms with E-state index in [-0.39, 0.29) is 0 Å². The first kappa shape index (κ1) is 32.4. The molecule has 9 rings (SSSR count). The van der Waals surface area contributed by atoms with Crippen LogP contribution in [-0.2, 0) is 42.7 Å². The van der Waals surface area contributed by atoms with Crippen LogP contribution in [0, 0.1) is 0 Å². The summed E-state index contributed by atoms with van der Waals surface area (Å²) in [7, 11) is 0. The molecule has 0 aliphatic carbocycles. The molecule has 3 aliphatic heterocycles. The number of hydrogen-bond acceptors (Lipinski definition) is 7. The Kier molecular flexibility index (Phi) is 7.00. The van der Waals surface area contributed by atoms with Crippen LogP contribution < -0.4 is 9.97 Å². The Balaban J connectivity index is 0.00000177. The van der Waals surface area contributed by atoms with Gasteiger partial charge in [-0.25, -0.2) is 4.98 Å². The van der Waals surface area contributed by atoms with E-state index in [2.05, 4.69) is 128 Å². The molecule has 50 heavy (non-hydrogen) atoms. The van der Waals surface area contributed by atoms with Crippen LogP contribution in [-0.4, -0.2) is 29.9 Å². The summed E-state index contributed by atoms with van der Waals surface area (Å²) >= 11 is 1.06. The monoisotopic (exact) mass is 695 g/mol. The number of fused-ring (bicyclic) bond motifs is 18. The van der Waals surface area contributed by atoms with Crippen molar-refractivity contribution < 1.29 is 21.0 Å². The Morgan fingerprint density at radius 3 is 1.76 bits per heavy atom. The summed E-state index contributed by atoms with van der Waals surface area (Å²) in [5.74, 6) is 3.95. The van der Waals surface area contributed by atoms with Crippen LogP contribution in [0.3, 0.4) is 0 Å². The van der Waals surface area contributed by atoms with E-state index in [4.69, 9.17) is 43.5 Å². The molecule has 0 N–H and O–H groups in total. The van der Waals surface area contributed by atoms with Crippen LogP contribution >= 0.6 is 0 Å². The molecule has 4 aromatic carbocycles. The molecule has 0 unspecified atom stereocenters. The number of nitrogens with zero attached hydrogens (tertiary/aromatic N) is 8. The van der Waals surface area contributed by atoms with Crippen molar-refractivity contribution in [3.05, 3.63) is 96.1 Å². The van der Waals surface area contributed by atoms with Gasteiger partial charge in [-0.3, -0.25) is 4.98 Å². The molecule has 5 heterocycles. The van der Waals surface area contributed by atoms with Crippen LogP contribution in [0.15, 0.2) is 72.8 Å². The Labute approximate surface area is 299 Å². The summed E-state index contributed by atoms with van der Waals surface area (Å²) in [6, 6.07) is 25.1. The summed E-state index contributed by atoms with van der Waals surface area (Å²) in [5.41, 5.74) is 1.28. The van der Waals surface area contributed by atoms with Gasteiger partial charge in [0.15, 0.2) is 0 Å². The van der Waals surface area contributed by atoms with Gasteiger partial charge in [0.25, 0.3) is 0 Å². The molecule has 10 heteroatoms. The quantitative estimate of drug-likeness (QED) is 0.155. The predicted octanol–water partition coefficient (Wildman–Crippen LogP) is 8.06. The molecule has 2 aromatic heterocycles. The van der Waals surface area contributed by atoms with Gasteiger partial charge in [-0.05, 0) is 38.6 Å². The number of benzene rings is 4. The second-order valence-electron chi connectivity index (χ2n) is 15.4. The minimum atomic E-state index is -0.443. The van der Waals surface area contributed by atoms with Crippen molar-refractivity contribution in [3.8, 4) is 22.8 Å². The molecule has 0 fully saturated rings. The van der Waals surface area contributed by atoms with Crippen molar-refractivity contribution in [3.63, 3.8) is 0 Å². The number of aromatic nitrogens is 8. The predicted molar refractivity (Wildman–Crippen MR) is 191 cm³/mol. The van der Waals surface area contributed by atoms with E-state index < -0.39 is 21.7 Å². The molecular weight excluding hydrogens is 659 g/mol. The summed E-state index contributed by atoms with van der Waals surface area (Å²) in [5, 5.41) is 6.23. The maximum absolute atomic E-state index is 8.19. The van der Waals surface area contributed by atoms with Gasteiger partial charge in [-0.15, -0.1) is 0 Å². The third-order valence-corrected chi connectivity index (χ3v) is 11.8. The molecule has 9 nitrogen and oxygen atoms in total. The first-order chi connectivity index (χ1) is 23.8. The molecule has 3 aliphatic rings. The van der Waals surface area contributed by atoms with Crippen molar-refractivity contribution in [2.75, 3.05) is 0 Å². The summed E-state index contributed by atoms with van der Waals surface area (Å²) in [6.07, 6.45) is 0. The summed E-state index contributed by atoms with van der Waals surface area (Å²) < 4.78 is 8.19. The minimum absolute atomic E-state index is 0.434. The fourth-order valence-electron chi connectivity index (χ4n) is 7.10. The average Bonchev–Trinajstić information content (AvgIpc) is 3.73. The Morgan fingerprint density at radius 2 is 1.06 bits per heavy atom. The average molecular weight is 696 g/mol. The van der Waals surface area contributed by atoms with Gasteiger partial charge in [0, 0.05) is 49.5 Å². The standard InChI is InChI=1S/C40H36N8.O.V/c1-37(2)33-44-31-27-23-15-11-9-13-21(23)17-19-25(27)29(42-31)41-30-26-20-18-22-14-10-12-16-24(22)28(26)32(43-30)45-34-38(3,4)40(7,8)36(47-34)48-35(46-33)39(37,5)6;;/h9-20H,1-8H3;;/q-2;;+2. The van der Waals surface area contributed by atoms with Gasteiger partial charge < -0.3 is 29.9 Å². The Hall–Kier alpha value is -4.86. The molecule has 247 valence electrons. The van der Waals surface area contributed by atoms with Crippen LogP contribution in [0.1, 0.15) is 78.7 Å². The fraction of sp³-hybridized carbons (Fsp3) is 0.300. The third kappa shape index (κ3) is 4.32. The van der Waals surface area contributed by atoms with Crippen LogP contribution in [0.2, 0.25) is 0 Å². The molecule has 0 saturated carbocycles. The fourth-order valence-corrected chi connectivity index (χ4v) is 7.10. The van der Waals surface area contributed by atoms with Gasteiger partial charge in [0.1, 0.15) is 0 Å². The van der Waals surface area contributed by atoms with Crippen molar-refractivity contribution in [1.29, 1.82) is 0 Å². The van der Waals surface area contributed by atoms with Gasteiger partial charge in [0.05, 0.1) is 23.3 Å². The number of rotatable bonds is 0. The zero-order valence-electron chi connectivity index (χ0n) is 29.4. The van der Waals surface area contributed by atoms with Crippen molar-refractivity contribution in [2.24, 2.45) is 0 Å². The summed E-state index contributed by atoms with van der Waals surface area (Å²) in [4.78, 5) is 41.6. The zero-order chi connectivity index (χ0) is 35.4. The Bertz CT molecular complexity index is 2610. The van der Waals surface area contributed by atoms with Crippen LogP contribution in [0.5, 0.6) is 0 Å². The van der Waals surface area contributed by atoms with Crippen molar-refractivity contribution in [2.45, 2.75) is 77.0 Å². The maximum atomic E-state index is 8.19. The molecule has 0 amide bonds. The molecule has 0 radical (unpaired) electrons. The van der Waals surface area contributed by atoms with E-state index in [0.717, 1.165) is 60.8 Å². The molecule has 0 spiro atoms. The summed E-state index contributed by atoms with van der Waals surface area (Å²) in [6.45, 7) is 17.5. The van der Waals surface area contributed by atoms with Crippen molar-refractivity contribution in [1.82, 2.24) is 39.9 Å². The number of hydrogen-bond donors (Lipinski definition) is 0. The van der Waals surface area contributed by atoms with E-state index in [1.165, 1.54) is 0 Å². The first-order valence-electron chi connectivity index (χ1n) is 16.7. The SMILES string of the molecule is CC1(C)c2nc(nc3[n-]c(nc4nc(nc5[n-]c(n2)C(C)(C)C5(C)C)-c2c-4ccc4ccccc24)c2ccc4ccccc4c32)C1(C)C.[O]=[V+2]. The van der Waals surface area contributed by atoms with Crippen LogP contribution in [0.4, 0.5) is 0 Å². The van der Waals surface area contributed by atoms with Gasteiger partial charge in [-0.2, -0.15) is 0 Å². The van der Waals surface area contributed by atoms with E-state index in [9.17, 15) is 0 Å². The zero-order valence-corrected chi connectivity index (χ0v) is 30.8. The first-order valence-corrected chi connectivity index (χ1v) is 17.3. The topological polar surface area (TPSA) is 123 Å². The Morgan fingerprint density at radius 1 is 0.480 bits per heavy atom. The van der Waals surface area contributed by atoms with E-state index in [0.29, 0.717) is 46.2 Å². The molecule has 6 aromatic rings. The second-order valence-corrected chi connectivity index (χ2v) is 15.4. The van der Waals surface area contributed by atoms with E-state index in [1.54, 1.807) is 0 Å². The third-order valence-electron chi connectivity index (χ3n) is 11.8. The van der Waals surface area contributed by atoms with E-state index in [1.807, 2.05) is 0 Å². The molecule has 0 atom stereocenters. The van der Waals surface area contributed by atoms with Crippen molar-refractivity contribution >= 4 is 43.6 Å². The second kappa shape index (κ2) is 10.8. The van der Waals surface area contributed by atoms with Gasteiger partial charge >= 0.3 is 21.0 Å².